The van der Waals surface area contributed by atoms with Crippen LogP contribution in [0.1, 0.15) is 19.8 Å². The number of nitrogens with one attached hydrogen (secondary N) is 1. The van der Waals surface area contributed by atoms with E-state index in [1.807, 2.05) is 0 Å². The zero-order valence-electron chi connectivity index (χ0n) is 6.59. The zero-order chi connectivity index (χ0) is 7.98. The molecule has 0 saturated heterocycles. The number of unbranched alkanes of at least 4 members (excludes halogenated alkanes) is 1. The molecule has 0 aliphatic rings. The molecular formula is C6H15N4-. The van der Waals surface area contributed by atoms with Gasteiger partial charge in [-0.3, -0.25) is 5.84 Å². The smallest absolute Gasteiger partial charge is 0.0178 e. The summed E-state index contributed by atoms with van der Waals surface area (Å²) in [5.74, 6) is 5.38. The molecule has 0 unspecified atom stereocenters. The molecule has 10 heavy (non-hydrogen) atoms. The molecule has 60 valence electrons. The van der Waals surface area contributed by atoms with Crippen molar-refractivity contribution in [3.8, 4) is 0 Å². The van der Waals surface area contributed by atoms with Crippen LogP contribution in [0.2, 0.25) is 0 Å². The summed E-state index contributed by atoms with van der Waals surface area (Å²) in [4.78, 5) is 3.90. The second-order valence-corrected chi connectivity index (χ2v) is 2.17. The van der Waals surface area contributed by atoms with Crippen molar-refractivity contribution in [3.63, 3.8) is 0 Å². The molecule has 0 rings (SSSR count). The van der Waals surface area contributed by atoms with Gasteiger partial charge in [-0.05, 0) is 20.0 Å². The minimum atomic E-state index is 0.147. The fourth-order valence-electron chi connectivity index (χ4n) is 0.455. The van der Waals surface area contributed by atoms with E-state index in [-0.39, 0.29) is 5.96 Å². The molecule has 0 spiro atoms. The Balaban J connectivity index is 3.48. The van der Waals surface area contributed by atoms with E-state index >= 15 is 0 Å². The van der Waals surface area contributed by atoms with E-state index in [2.05, 4.69) is 11.9 Å². The SMILES string of the molecule is CCCCN=C([NH-])N(C)N. The lowest BCUT2D eigenvalue weighted by atomic mass is 10.3. The Hall–Kier alpha value is -0.770. The van der Waals surface area contributed by atoms with E-state index in [0.717, 1.165) is 12.8 Å². The molecule has 0 bridgehead atoms. The van der Waals surface area contributed by atoms with Crippen LogP contribution in [0, 0.1) is 0 Å². The highest BCUT2D eigenvalue weighted by atomic mass is 15.4. The van der Waals surface area contributed by atoms with Crippen LogP contribution < -0.4 is 5.84 Å². The number of guanidine groups is 1. The Morgan fingerprint density at radius 1 is 1.70 bits per heavy atom. The molecule has 0 aromatic heterocycles. The summed E-state index contributed by atoms with van der Waals surface area (Å²) < 4.78 is 0. The summed E-state index contributed by atoms with van der Waals surface area (Å²) in [5, 5.41) is 1.20. The number of hydrogen-bond donors (Lipinski definition) is 1. The van der Waals surface area contributed by atoms with Crippen molar-refractivity contribution in [1.29, 1.82) is 0 Å². The van der Waals surface area contributed by atoms with Gasteiger partial charge in [-0.1, -0.05) is 13.3 Å². The first kappa shape index (κ1) is 9.23. The van der Waals surface area contributed by atoms with Gasteiger partial charge in [0.1, 0.15) is 0 Å². The van der Waals surface area contributed by atoms with Gasteiger partial charge in [-0.25, -0.2) is 0 Å². The van der Waals surface area contributed by atoms with Crippen molar-refractivity contribution in [3.05, 3.63) is 5.73 Å². The van der Waals surface area contributed by atoms with Gasteiger partial charge in [0.05, 0.1) is 0 Å². The van der Waals surface area contributed by atoms with Crippen LogP contribution >= 0.6 is 0 Å². The summed E-state index contributed by atoms with van der Waals surface area (Å²) in [6.45, 7) is 2.79. The number of nitrogens with zero attached hydrogens (tertiary/aromatic N) is 2. The Labute approximate surface area is 61.9 Å². The summed E-state index contributed by atoms with van der Waals surface area (Å²) in [7, 11) is 1.61. The van der Waals surface area contributed by atoms with Gasteiger partial charge < -0.3 is 15.7 Å². The number of rotatable bonds is 3. The lowest BCUT2D eigenvalue weighted by Crippen LogP contribution is -2.30. The number of aliphatic imine (C=N–C) groups is 1. The molecule has 0 aliphatic heterocycles. The average Bonchev–Trinajstić information content (AvgIpc) is 1.88. The van der Waals surface area contributed by atoms with E-state index < -0.39 is 0 Å². The molecule has 0 radical (unpaired) electrons. The Kier molecular flexibility index (Phi) is 4.66. The lowest BCUT2D eigenvalue weighted by Gasteiger charge is -2.19. The monoisotopic (exact) mass is 143 g/mol. The molecule has 4 nitrogen and oxygen atoms in total. The van der Waals surface area contributed by atoms with Gasteiger partial charge in [0.2, 0.25) is 0 Å². The van der Waals surface area contributed by atoms with Gasteiger partial charge in [0.25, 0.3) is 0 Å². The molecule has 3 N–H and O–H groups in total. The van der Waals surface area contributed by atoms with Crippen LogP contribution in [0.3, 0.4) is 0 Å². The van der Waals surface area contributed by atoms with Crippen molar-refractivity contribution in [2.45, 2.75) is 19.8 Å². The summed E-state index contributed by atoms with van der Waals surface area (Å²) in [6.07, 6.45) is 2.13. The van der Waals surface area contributed by atoms with Crippen molar-refractivity contribution >= 4 is 5.96 Å². The minimum Gasteiger partial charge on any atom is -0.410 e. The van der Waals surface area contributed by atoms with Crippen LogP contribution in [0.5, 0.6) is 0 Å². The number of hydrazine groups is 1. The highest BCUT2D eigenvalue weighted by Gasteiger charge is 1.81. The molecule has 0 amide bonds. The maximum Gasteiger partial charge on any atom is 0.0178 e. The third kappa shape index (κ3) is 4.14. The van der Waals surface area contributed by atoms with Crippen molar-refractivity contribution in [1.82, 2.24) is 5.01 Å². The Morgan fingerprint density at radius 3 is 2.70 bits per heavy atom. The van der Waals surface area contributed by atoms with Crippen molar-refractivity contribution in [2.24, 2.45) is 10.8 Å². The van der Waals surface area contributed by atoms with E-state index in [1.54, 1.807) is 7.05 Å². The van der Waals surface area contributed by atoms with Crippen molar-refractivity contribution in [2.75, 3.05) is 13.6 Å². The first-order valence-corrected chi connectivity index (χ1v) is 3.43. The Morgan fingerprint density at radius 2 is 2.30 bits per heavy atom. The van der Waals surface area contributed by atoms with E-state index in [4.69, 9.17) is 11.6 Å². The predicted octanol–water partition coefficient (Wildman–Crippen LogP) is 1.00. The largest absolute Gasteiger partial charge is 0.410 e. The number of nitrogens with two attached hydrogens (primary N) is 1. The maximum atomic E-state index is 7.16. The van der Waals surface area contributed by atoms with E-state index in [0.29, 0.717) is 6.54 Å². The molecule has 0 aromatic rings. The second-order valence-electron chi connectivity index (χ2n) is 2.17. The maximum absolute atomic E-state index is 7.16. The summed E-state index contributed by atoms with van der Waals surface area (Å²) in [6, 6.07) is 0. The molecule has 0 fully saturated rings. The van der Waals surface area contributed by atoms with Crippen LogP contribution in [0.25, 0.3) is 5.73 Å². The fraction of sp³-hybridized carbons (Fsp3) is 0.833. The fourth-order valence-corrected chi connectivity index (χ4v) is 0.455. The minimum absolute atomic E-state index is 0.147. The topological polar surface area (TPSA) is 65.4 Å². The summed E-state index contributed by atoms with van der Waals surface area (Å²) >= 11 is 0. The molecule has 0 aliphatic carbocycles. The second kappa shape index (κ2) is 5.05. The van der Waals surface area contributed by atoms with Crippen LogP contribution in [0.4, 0.5) is 0 Å². The average molecular weight is 143 g/mol. The normalized spacial score (nSPS) is 11.7. The third-order valence-electron chi connectivity index (χ3n) is 1.11. The molecule has 0 heterocycles. The number of hydrogen-bond acceptors (Lipinski definition) is 2. The molecule has 4 heteroatoms. The van der Waals surface area contributed by atoms with Gasteiger partial charge in [-0.15, -0.1) is 0 Å². The van der Waals surface area contributed by atoms with Gasteiger partial charge in [-0.2, -0.15) is 0 Å². The molecule has 0 aromatic carbocycles. The van der Waals surface area contributed by atoms with E-state index in [1.165, 1.54) is 5.01 Å². The van der Waals surface area contributed by atoms with Crippen LogP contribution in [-0.4, -0.2) is 24.6 Å². The van der Waals surface area contributed by atoms with Gasteiger partial charge in [0.15, 0.2) is 0 Å². The van der Waals surface area contributed by atoms with Crippen LogP contribution in [-0.2, 0) is 0 Å². The first-order chi connectivity index (χ1) is 4.68. The van der Waals surface area contributed by atoms with Crippen molar-refractivity contribution < 1.29 is 0 Å². The van der Waals surface area contributed by atoms with Gasteiger partial charge >= 0.3 is 0 Å². The van der Waals surface area contributed by atoms with Gasteiger partial charge in [0, 0.05) is 5.96 Å². The highest BCUT2D eigenvalue weighted by Crippen LogP contribution is 1.88. The first-order valence-electron chi connectivity index (χ1n) is 3.43. The zero-order valence-corrected chi connectivity index (χ0v) is 6.59. The molecule has 0 saturated carbocycles. The third-order valence-corrected chi connectivity index (χ3v) is 1.11. The summed E-state index contributed by atoms with van der Waals surface area (Å²) in [5.41, 5.74) is 7.16. The standard InChI is InChI=1S/C6H15N4/c1-3-4-5-9-6(7)10(2)8/h3-5,8H2,1-2H3,(H-,7,9)/q-1. The molecular weight excluding hydrogens is 128 g/mol. The predicted molar refractivity (Wildman–Crippen MR) is 43.5 cm³/mol. The lowest BCUT2D eigenvalue weighted by molar-refractivity contribution is 0.538. The van der Waals surface area contributed by atoms with Crippen LogP contribution in [0.15, 0.2) is 4.99 Å². The molecule has 0 atom stereocenters. The Bertz CT molecular complexity index is 108. The van der Waals surface area contributed by atoms with E-state index in [9.17, 15) is 0 Å². The quantitative estimate of drug-likeness (QED) is 0.210. The highest BCUT2D eigenvalue weighted by molar-refractivity contribution is 5.86.